The molecule has 0 spiro atoms. The molecule has 0 radical (unpaired) electrons. The van der Waals surface area contributed by atoms with Gasteiger partial charge in [-0.3, -0.25) is 4.79 Å². The molecular formula is C19H16FN3O2. The highest BCUT2D eigenvalue weighted by Gasteiger charge is 2.32. The summed E-state index contributed by atoms with van der Waals surface area (Å²) in [5.41, 5.74) is 7.68. The molecule has 3 N–H and O–H groups in total. The second kappa shape index (κ2) is 5.30. The van der Waals surface area contributed by atoms with Gasteiger partial charge >= 0.3 is 0 Å². The third-order valence-electron chi connectivity index (χ3n) is 4.51. The molecule has 1 amide bonds. The van der Waals surface area contributed by atoms with Crippen LogP contribution in [0.3, 0.4) is 0 Å². The lowest BCUT2D eigenvalue weighted by Gasteiger charge is -2.24. The van der Waals surface area contributed by atoms with Gasteiger partial charge in [0.15, 0.2) is 5.60 Å². The fourth-order valence-corrected chi connectivity index (χ4v) is 3.09. The van der Waals surface area contributed by atoms with Gasteiger partial charge in [0, 0.05) is 17.3 Å². The first kappa shape index (κ1) is 15.6. The largest absolute Gasteiger partial charge is 0.375 e. The van der Waals surface area contributed by atoms with Gasteiger partial charge in [0.1, 0.15) is 18.2 Å². The highest BCUT2D eigenvalue weighted by Crippen LogP contribution is 2.46. The number of rotatable bonds is 2. The number of nitrogens with zero attached hydrogens (tertiary/aromatic N) is 2. The number of amides is 1. The summed E-state index contributed by atoms with van der Waals surface area (Å²) in [6, 6.07) is 5.79. The Labute approximate surface area is 144 Å². The van der Waals surface area contributed by atoms with E-state index in [2.05, 4.69) is 22.9 Å². The lowest BCUT2D eigenvalue weighted by Crippen LogP contribution is -2.23. The Morgan fingerprint density at radius 2 is 2.28 bits per heavy atom. The van der Waals surface area contributed by atoms with Crippen LogP contribution >= 0.6 is 0 Å². The molecule has 25 heavy (non-hydrogen) atoms. The summed E-state index contributed by atoms with van der Waals surface area (Å²) in [7, 11) is 0. The second-order valence-corrected chi connectivity index (χ2v) is 6.60. The summed E-state index contributed by atoms with van der Waals surface area (Å²) in [5, 5.41) is 9.71. The van der Waals surface area contributed by atoms with Crippen molar-refractivity contribution in [3.05, 3.63) is 47.3 Å². The van der Waals surface area contributed by atoms with Crippen molar-refractivity contribution in [2.45, 2.75) is 25.0 Å². The maximum atomic E-state index is 12.7. The molecule has 5 nitrogen and oxygen atoms in total. The summed E-state index contributed by atoms with van der Waals surface area (Å²) in [4.78, 5) is 15.9. The average Bonchev–Trinajstić information content (AvgIpc) is 2.88. The second-order valence-electron chi connectivity index (χ2n) is 6.60. The molecule has 2 aliphatic heterocycles. The van der Waals surface area contributed by atoms with Crippen molar-refractivity contribution in [2.75, 3.05) is 6.67 Å². The van der Waals surface area contributed by atoms with Crippen LogP contribution in [0.4, 0.5) is 4.39 Å². The Morgan fingerprint density at radius 1 is 1.52 bits per heavy atom. The minimum atomic E-state index is -1.67. The van der Waals surface area contributed by atoms with Crippen LogP contribution in [0.25, 0.3) is 17.0 Å². The molecule has 3 heterocycles. The first-order valence-electron chi connectivity index (χ1n) is 7.93. The lowest BCUT2D eigenvalue weighted by molar-refractivity contribution is 0.0905. The Kier molecular flexibility index (Phi) is 3.31. The van der Waals surface area contributed by atoms with E-state index in [-0.39, 0.29) is 11.7 Å². The Balaban J connectivity index is 1.85. The smallest absolute Gasteiger partial charge is 0.268 e. The molecular weight excluding hydrogens is 321 g/mol. The number of imidazole rings is 1. The fraction of sp³-hybridized carbons (Fsp3) is 0.263. The molecule has 2 aromatic rings. The van der Waals surface area contributed by atoms with Crippen LogP contribution in [0.15, 0.2) is 30.5 Å². The van der Waals surface area contributed by atoms with Crippen molar-refractivity contribution in [3.63, 3.8) is 0 Å². The van der Waals surface area contributed by atoms with Gasteiger partial charge in [0.05, 0.1) is 6.04 Å². The van der Waals surface area contributed by atoms with Gasteiger partial charge in [-0.25, -0.2) is 9.37 Å². The summed E-state index contributed by atoms with van der Waals surface area (Å²) in [5.74, 6) is 5.43. The van der Waals surface area contributed by atoms with Gasteiger partial charge in [-0.05, 0) is 36.6 Å². The number of benzene rings is 1. The van der Waals surface area contributed by atoms with Crippen LogP contribution in [0.2, 0.25) is 0 Å². The summed E-state index contributed by atoms with van der Waals surface area (Å²) in [6.45, 7) is 0.390. The molecule has 6 heteroatoms. The van der Waals surface area contributed by atoms with E-state index < -0.39 is 18.2 Å². The maximum Gasteiger partial charge on any atom is 0.268 e. The molecule has 5 rings (SSSR count). The number of aromatic nitrogens is 2. The third kappa shape index (κ3) is 2.53. The van der Waals surface area contributed by atoms with Crippen molar-refractivity contribution < 1.29 is 14.3 Å². The molecule has 2 bridgehead atoms. The van der Waals surface area contributed by atoms with Crippen molar-refractivity contribution in [1.82, 2.24) is 9.55 Å². The molecule has 3 aliphatic rings. The first-order chi connectivity index (χ1) is 11.9. The van der Waals surface area contributed by atoms with Crippen LogP contribution in [0.5, 0.6) is 0 Å². The molecule has 1 aliphatic carbocycles. The number of alkyl halides is 1. The Hall–Kier alpha value is -2.91. The predicted octanol–water partition coefficient (Wildman–Crippen LogP) is 2.06. The standard InChI is InChI=1S/C19H16FN3O2/c1-19(25,10-20)5-4-11-2-3-14-12-7-13(8-12)23-9-16(17(21)24)22-18(23)15(14)6-11/h2-3,6-7,9,13,25H,8,10H2,1H3,(H2,21,24). The summed E-state index contributed by atoms with van der Waals surface area (Å²) in [6.07, 6.45) is 4.69. The number of hydrogen-bond acceptors (Lipinski definition) is 3. The van der Waals surface area contributed by atoms with Crippen molar-refractivity contribution >= 4 is 11.5 Å². The van der Waals surface area contributed by atoms with E-state index in [1.54, 1.807) is 6.20 Å². The van der Waals surface area contributed by atoms with Crippen LogP contribution in [0.1, 0.15) is 41.0 Å². The molecule has 0 saturated heterocycles. The number of primary amides is 1. The average molecular weight is 337 g/mol. The van der Waals surface area contributed by atoms with Gasteiger partial charge in [0.25, 0.3) is 5.91 Å². The minimum Gasteiger partial charge on any atom is -0.375 e. The van der Waals surface area contributed by atoms with E-state index in [0.29, 0.717) is 11.4 Å². The highest BCUT2D eigenvalue weighted by atomic mass is 19.1. The molecule has 0 saturated carbocycles. The summed E-state index contributed by atoms with van der Waals surface area (Å²) >= 11 is 0. The zero-order valence-electron chi connectivity index (χ0n) is 13.6. The Morgan fingerprint density at radius 3 is 2.96 bits per heavy atom. The van der Waals surface area contributed by atoms with E-state index in [1.807, 2.05) is 22.8 Å². The van der Waals surface area contributed by atoms with Crippen LogP contribution in [-0.4, -0.2) is 32.8 Å². The number of hydrogen-bond donors (Lipinski definition) is 2. The molecule has 0 fully saturated rings. The Bertz CT molecular complexity index is 992. The maximum absolute atomic E-state index is 12.7. The quantitative estimate of drug-likeness (QED) is 0.823. The van der Waals surface area contributed by atoms with E-state index in [0.717, 1.165) is 17.5 Å². The monoisotopic (exact) mass is 337 g/mol. The number of halogens is 1. The molecule has 2 unspecified atom stereocenters. The van der Waals surface area contributed by atoms with E-state index >= 15 is 0 Å². The fourth-order valence-electron chi connectivity index (χ4n) is 3.09. The highest BCUT2D eigenvalue weighted by molar-refractivity contribution is 5.92. The normalized spacial score (nSPS) is 19.2. The van der Waals surface area contributed by atoms with Gasteiger partial charge < -0.3 is 15.4 Å². The number of allylic oxidation sites excluding steroid dienone is 2. The van der Waals surface area contributed by atoms with Crippen molar-refractivity contribution in [2.24, 2.45) is 5.73 Å². The van der Waals surface area contributed by atoms with Gasteiger partial charge in [0.2, 0.25) is 0 Å². The van der Waals surface area contributed by atoms with Crippen LogP contribution < -0.4 is 5.73 Å². The molecule has 2 atom stereocenters. The van der Waals surface area contributed by atoms with Crippen LogP contribution in [-0.2, 0) is 0 Å². The summed E-state index contributed by atoms with van der Waals surface area (Å²) < 4.78 is 14.7. The number of aliphatic hydroxyl groups is 1. The van der Waals surface area contributed by atoms with E-state index in [4.69, 9.17) is 5.73 Å². The minimum absolute atomic E-state index is 0.166. The van der Waals surface area contributed by atoms with Gasteiger partial charge in [-0.2, -0.15) is 0 Å². The zero-order valence-corrected chi connectivity index (χ0v) is 13.6. The topological polar surface area (TPSA) is 81.1 Å². The predicted molar refractivity (Wildman–Crippen MR) is 91.3 cm³/mol. The number of nitrogens with two attached hydrogens (primary N) is 1. The van der Waals surface area contributed by atoms with Crippen LogP contribution in [0, 0.1) is 11.8 Å². The molecule has 1 aromatic carbocycles. The van der Waals surface area contributed by atoms with E-state index in [9.17, 15) is 14.3 Å². The first-order valence-corrected chi connectivity index (χ1v) is 7.93. The van der Waals surface area contributed by atoms with Crippen molar-refractivity contribution in [3.8, 4) is 23.2 Å². The lowest BCUT2D eigenvalue weighted by atomic mass is 9.86. The number of carbonyl (C=O) groups excluding carboxylic acids is 1. The van der Waals surface area contributed by atoms with E-state index in [1.165, 1.54) is 12.5 Å². The molecule has 1 aromatic heterocycles. The van der Waals surface area contributed by atoms with Gasteiger partial charge in [-0.1, -0.05) is 24.0 Å². The number of carbonyl (C=O) groups is 1. The van der Waals surface area contributed by atoms with Crippen molar-refractivity contribution in [1.29, 1.82) is 0 Å². The van der Waals surface area contributed by atoms with Gasteiger partial charge in [-0.15, -0.1) is 0 Å². The third-order valence-corrected chi connectivity index (χ3v) is 4.51. The SMILES string of the molecule is CC(O)(C#Cc1ccc2c(c1)-c1nc(C(N)=O)cn1C1C=C2C1)CF. The molecule has 126 valence electrons. The zero-order chi connectivity index (χ0) is 17.8.